The van der Waals surface area contributed by atoms with Crippen molar-refractivity contribution in [1.82, 2.24) is 9.80 Å². The van der Waals surface area contributed by atoms with Crippen LogP contribution in [0.15, 0.2) is 16.3 Å². The molecule has 164 valence electrons. The number of hydrogen-bond acceptors (Lipinski definition) is 4. The highest BCUT2D eigenvalue weighted by molar-refractivity contribution is 6.09. The number of piperidine rings is 1. The summed E-state index contributed by atoms with van der Waals surface area (Å²) in [5.41, 5.74) is 8.34. The number of rotatable bonds is 9. The number of nitrogens with two attached hydrogens (primary N) is 1. The lowest BCUT2D eigenvalue weighted by atomic mass is 10.1. The maximum atomic E-state index is 12.8. The first kappa shape index (κ1) is 23.4. The van der Waals surface area contributed by atoms with Crippen LogP contribution in [0.25, 0.3) is 0 Å². The normalized spacial score (nSPS) is 21.3. The van der Waals surface area contributed by atoms with Crippen molar-refractivity contribution in [3.63, 3.8) is 0 Å². The Morgan fingerprint density at radius 3 is 2.48 bits per heavy atom. The van der Waals surface area contributed by atoms with Crippen molar-refractivity contribution in [3.8, 4) is 0 Å². The molecule has 2 amide bonds. The number of allylic oxidation sites excluding steroid dienone is 1. The summed E-state index contributed by atoms with van der Waals surface area (Å²) in [4.78, 5) is 33.9. The van der Waals surface area contributed by atoms with Crippen molar-refractivity contribution in [3.05, 3.63) is 11.3 Å². The summed E-state index contributed by atoms with van der Waals surface area (Å²) in [5, 5.41) is 0. The Labute approximate surface area is 176 Å². The average molecular weight is 405 g/mol. The summed E-state index contributed by atoms with van der Waals surface area (Å²) in [6, 6.07) is 0. The molecule has 1 atom stereocenters. The Morgan fingerprint density at radius 2 is 1.83 bits per heavy atom. The topological polar surface area (TPSA) is 79.0 Å². The van der Waals surface area contributed by atoms with Gasteiger partial charge >= 0.3 is 0 Å². The van der Waals surface area contributed by atoms with Crippen molar-refractivity contribution in [2.75, 3.05) is 32.7 Å². The zero-order valence-electron chi connectivity index (χ0n) is 18.7. The van der Waals surface area contributed by atoms with Crippen molar-refractivity contribution in [1.29, 1.82) is 0 Å². The van der Waals surface area contributed by atoms with Gasteiger partial charge in [-0.05, 0) is 57.3 Å². The molecule has 0 radical (unpaired) electrons. The molecule has 2 aliphatic rings. The molecule has 1 aliphatic heterocycles. The minimum atomic E-state index is -0.0539. The molecule has 0 spiro atoms. The Hall–Kier alpha value is -1.85. The van der Waals surface area contributed by atoms with E-state index in [0.29, 0.717) is 11.6 Å². The predicted molar refractivity (Wildman–Crippen MR) is 119 cm³/mol. The lowest BCUT2D eigenvalue weighted by molar-refractivity contribution is -0.130. The van der Waals surface area contributed by atoms with E-state index in [0.717, 1.165) is 88.8 Å². The molecule has 0 aromatic heterocycles. The van der Waals surface area contributed by atoms with E-state index in [4.69, 9.17) is 5.73 Å². The van der Waals surface area contributed by atoms with Gasteiger partial charge in [0.1, 0.15) is 12.2 Å². The number of hydrogen-bond donors (Lipinski definition) is 1. The third kappa shape index (κ3) is 6.86. The number of nitrogens with zero attached hydrogens (tertiary/aromatic N) is 3. The van der Waals surface area contributed by atoms with Crippen molar-refractivity contribution < 1.29 is 9.59 Å². The van der Waals surface area contributed by atoms with Crippen molar-refractivity contribution in [2.24, 2.45) is 16.6 Å². The molecular weight excluding hydrogens is 364 g/mol. The number of amides is 2. The van der Waals surface area contributed by atoms with Gasteiger partial charge in [0.2, 0.25) is 5.91 Å². The molecular formula is C23H40N4O2. The van der Waals surface area contributed by atoms with Gasteiger partial charge in [0.05, 0.1) is 0 Å². The highest BCUT2D eigenvalue weighted by Crippen LogP contribution is 2.25. The van der Waals surface area contributed by atoms with Gasteiger partial charge in [-0.1, -0.05) is 27.2 Å². The second kappa shape index (κ2) is 12.0. The van der Waals surface area contributed by atoms with Gasteiger partial charge in [-0.15, -0.1) is 0 Å². The van der Waals surface area contributed by atoms with E-state index in [9.17, 15) is 9.59 Å². The van der Waals surface area contributed by atoms with E-state index >= 15 is 0 Å². The Balaban J connectivity index is 2.02. The quantitative estimate of drug-likeness (QED) is 0.597. The summed E-state index contributed by atoms with van der Waals surface area (Å²) >= 11 is 0. The van der Waals surface area contributed by atoms with Crippen molar-refractivity contribution in [2.45, 2.75) is 78.6 Å². The van der Waals surface area contributed by atoms with E-state index in [1.807, 2.05) is 9.80 Å². The summed E-state index contributed by atoms with van der Waals surface area (Å²) in [6.45, 7) is 9.83. The maximum Gasteiger partial charge on any atom is 0.270 e. The van der Waals surface area contributed by atoms with Gasteiger partial charge in [0.25, 0.3) is 5.91 Å². The SMILES string of the molecule is CCCN(CCC(C)CC)C(=O)CN=C1CCC/C1=C(/N)C(=O)N1CCCCC1. The van der Waals surface area contributed by atoms with Crippen LogP contribution in [0, 0.1) is 5.92 Å². The van der Waals surface area contributed by atoms with Crippen LogP contribution >= 0.6 is 0 Å². The number of aliphatic imine (C=N–C) groups is 1. The number of carbonyl (C=O) groups is 2. The first-order valence-electron chi connectivity index (χ1n) is 11.6. The van der Waals surface area contributed by atoms with Crippen LogP contribution in [0.1, 0.15) is 78.6 Å². The van der Waals surface area contributed by atoms with Gasteiger partial charge in [0.15, 0.2) is 0 Å². The Morgan fingerprint density at radius 1 is 1.10 bits per heavy atom. The first-order valence-corrected chi connectivity index (χ1v) is 11.6. The Bertz CT molecular complexity index is 620. The van der Waals surface area contributed by atoms with Crippen LogP contribution in [0.3, 0.4) is 0 Å². The average Bonchev–Trinajstić information content (AvgIpc) is 3.22. The molecule has 6 heteroatoms. The Kier molecular flexibility index (Phi) is 9.68. The van der Waals surface area contributed by atoms with Gasteiger partial charge in [0, 0.05) is 37.5 Å². The van der Waals surface area contributed by atoms with Gasteiger partial charge in [-0.3, -0.25) is 14.6 Å². The van der Waals surface area contributed by atoms with E-state index < -0.39 is 0 Å². The molecule has 1 aliphatic carbocycles. The minimum Gasteiger partial charge on any atom is -0.394 e. The minimum absolute atomic E-state index is 0.0539. The zero-order valence-corrected chi connectivity index (χ0v) is 18.7. The molecule has 2 fully saturated rings. The predicted octanol–water partition coefficient (Wildman–Crippen LogP) is 3.51. The highest BCUT2D eigenvalue weighted by Gasteiger charge is 2.26. The fraction of sp³-hybridized carbons (Fsp3) is 0.783. The smallest absolute Gasteiger partial charge is 0.270 e. The largest absolute Gasteiger partial charge is 0.394 e. The maximum absolute atomic E-state index is 12.8. The third-order valence-corrected chi connectivity index (χ3v) is 6.23. The van der Waals surface area contributed by atoms with E-state index in [1.54, 1.807) is 0 Å². The summed E-state index contributed by atoms with van der Waals surface area (Å²) in [6.07, 6.45) is 8.93. The molecule has 2 rings (SSSR count). The molecule has 0 aromatic rings. The molecule has 1 unspecified atom stereocenters. The highest BCUT2D eigenvalue weighted by atomic mass is 16.2. The van der Waals surface area contributed by atoms with E-state index in [-0.39, 0.29) is 18.4 Å². The fourth-order valence-electron chi connectivity index (χ4n) is 4.06. The molecule has 29 heavy (non-hydrogen) atoms. The van der Waals surface area contributed by atoms with Crippen LogP contribution < -0.4 is 5.73 Å². The van der Waals surface area contributed by atoms with E-state index in [1.165, 1.54) is 6.42 Å². The van der Waals surface area contributed by atoms with Crippen LogP contribution in [0.5, 0.6) is 0 Å². The van der Waals surface area contributed by atoms with Gasteiger partial charge < -0.3 is 15.5 Å². The van der Waals surface area contributed by atoms with Gasteiger partial charge in [-0.25, -0.2) is 0 Å². The van der Waals surface area contributed by atoms with Crippen LogP contribution in [-0.2, 0) is 9.59 Å². The van der Waals surface area contributed by atoms with Crippen molar-refractivity contribution >= 4 is 17.5 Å². The van der Waals surface area contributed by atoms with Crippen LogP contribution in [-0.4, -0.2) is 60.0 Å². The van der Waals surface area contributed by atoms with Gasteiger partial charge in [-0.2, -0.15) is 0 Å². The molecule has 0 bridgehead atoms. The standard InChI is InChI=1S/C23H40N4O2/c1-4-13-26(16-12-18(3)5-2)21(28)17-25-20-11-9-10-19(20)22(24)23(29)27-14-7-6-8-15-27/h18H,4-17,24H2,1-3H3/b22-19-,25-20?. The molecule has 6 nitrogen and oxygen atoms in total. The van der Waals surface area contributed by atoms with E-state index in [2.05, 4.69) is 25.8 Å². The lowest BCUT2D eigenvalue weighted by Gasteiger charge is -2.27. The molecule has 0 aromatic carbocycles. The number of likely N-dealkylation sites (tertiary alicyclic amines) is 1. The molecule has 1 heterocycles. The monoisotopic (exact) mass is 404 g/mol. The lowest BCUT2D eigenvalue weighted by Crippen LogP contribution is -2.39. The summed E-state index contributed by atoms with van der Waals surface area (Å²) in [7, 11) is 0. The van der Waals surface area contributed by atoms with Crippen LogP contribution in [0.4, 0.5) is 0 Å². The molecule has 2 N–H and O–H groups in total. The second-order valence-electron chi connectivity index (χ2n) is 8.54. The fourth-order valence-corrected chi connectivity index (χ4v) is 4.06. The third-order valence-electron chi connectivity index (χ3n) is 6.23. The first-order chi connectivity index (χ1) is 14.0. The summed E-state index contributed by atoms with van der Waals surface area (Å²) < 4.78 is 0. The molecule has 1 saturated heterocycles. The second-order valence-corrected chi connectivity index (χ2v) is 8.54. The summed E-state index contributed by atoms with van der Waals surface area (Å²) in [5.74, 6) is 0.648. The molecule has 1 saturated carbocycles. The zero-order chi connectivity index (χ0) is 21.2. The van der Waals surface area contributed by atoms with Crippen LogP contribution in [0.2, 0.25) is 0 Å². The number of carbonyl (C=O) groups excluding carboxylic acids is 2.